The molecule has 0 atom stereocenters. The Kier molecular flexibility index (Phi) is 7.44. The number of benzene rings is 2. The third-order valence-corrected chi connectivity index (χ3v) is 8.20. The second-order valence-electron chi connectivity index (χ2n) is 8.09. The molecule has 1 aliphatic heterocycles. The zero-order valence-corrected chi connectivity index (χ0v) is 20.2. The lowest BCUT2D eigenvalue weighted by molar-refractivity contribution is 0.0879. The van der Waals surface area contributed by atoms with Crippen LogP contribution in [-0.2, 0) is 22.1 Å². The zero-order valence-electron chi connectivity index (χ0n) is 17.8. The third-order valence-electron chi connectivity index (χ3n) is 5.62. The molecule has 4 rings (SSSR count). The summed E-state index contributed by atoms with van der Waals surface area (Å²) in [4.78, 5) is 14.9. The number of sulfone groups is 1. The first-order chi connectivity index (χ1) is 15.8. The first-order valence-corrected chi connectivity index (χ1v) is 13.1. The third kappa shape index (κ3) is 5.98. The number of nitrogens with zero attached hydrogens (tertiary/aromatic N) is 1. The van der Waals surface area contributed by atoms with Gasteiger partial charge in [0.1, 0.15) is 16.4 Å². The van der Waals surface area contributed by atoms with Crippen LogP contribution in [0.1, 0.15) is 34.7 Å². The number of hydrogen-bond donors (Lipinski definition) is 1. The lowest BCUT2D eigenvalue weighted by atomic mass is 10.0. The van der Waals surface area contributed by atoms with Crippen molar-refractivity contribution in [2.24, 2.45) is 0 Å². The van der Waals surface area contributed by atoms with E-state index in [1.807, 2.05) is 18.2 Å². The molecule has 0 bridgehead atoms. The molecular formula is C24H24Cl2N2O4S. The summed E-state index contributed by atoms with van der Waals surface area (Å²) < 4.78 is 31.1. The standard InChI is InChI=1S/C24H24Cl2N2O4S/c25-20-7-4-8-21(26)23(20)33(30,31)16-19-9-10-22(32-19)24(29)27-18-11-13-28(14-12-18)15-17-5-2-1-3-6-17/h1-10,18H,11-16H2,(H,27,29). The maximum atomic E-state index is 12.8. The Bertz CT molecular complexity index is 1200. The van der Waals surface area contributed by atoms with Gasteiger partial charge in [0.2, 0.25) is 0 Å². The molecule has 1 aliphatic rings. The minimum atomic E-state index is -3.84. The molecule has 0 spiro atoms. The largest absolute Gasteiger partial charge is 0.455 e. The highest BCUT2D eigenvalue weighted by Crippen LogP contribution is 2.31. The van der Waals surface area contributed by atoms with Gasteiger partial charge in [0.25, 0.3) is 5.91 Å². The second kappa shape index (κ2) is 10.3. The molecule has 2 aromatic carbocycles. The average molecular weight is 507 g/mol. The quantitative estimate of drug-likeness (QED) is 0.490. The lowest BCUT2D eigenvalue weighted by Crippen LogP contribution is -2.44. The van der Waals surface area contributed by atoms with Crippen LogP contribution in [0.2, 0.25) is 10.0 Å². The van der Waals surface area contributed by atoms with E-state index in [0.717, 1.165) is 32.5 Å². The topological polar surface area (TPSA) is 79.6 Å². The van der Waals surface area contributed by atoms with E-state index in [4.69, 9.17) is 27.6 Å². The van der Waals surface area contributed by atoms with Crippen molar-refractivity contribution in [1.29, 1.82) is 0 Å². The highest BCUT2D eigenvalue weighted by atomic mass is 35.5. The first-order valence-electron chi connectivity index (χ1n) is 10.6. The molecule has 0 unspecified atom stereocenters. The van der Waals surface area contributed by atoms with Crippen molar-refractivity contribution in [3.63, 3.8) is 0 Å². The fourth-order valence-electron chi connectivity index (χ4n) is 3.95. The van der Waals surface area contributed by atoms with Gasteiger partial charge in [0.05, 0.1) is 10.0 Å². The Labute approximate surface area is 203 Å². The molecule has 1 amide bonds. The van der Waals surface area contributed by atoms with Crippen LogP contribution in [0.4, 0.5) is 0 Å². The van der Waals surface area contributed by atoms with Gasteiger partial charge in [-0.05, 0) is 42.7 Å². The number of amides is 1. The van der Waals surface area contributed by atoms with E-state index in [9.17, 15) is 13.2 Å². The van der Waals surface area contributed by atoms with Crippen molar-refractivity contribution >= 4 is 38.9 Å². The molecule has 1 saturated heterocycles. The van der Waals surface area contributed by atoms with E-state index in [-0.39, 0.29) is 38.4 Å². The highest BCUT2D eigenvalue weighted by Gasteiger charge is 2.26. The minimum Gasteiger partial charge on any atom is -0.455 e. The second-order valence-corrected chi connectivity index (χ2v) is 10.8. The molecule has 1 N–H and O–H groups in total. The van der Waals surface area contributed by atoms with Crippen LogP contribution >= 0.6 is 23.2 Å². The average Bonchev–Trinajstić information content (AvgIpc) is 3.23. The van der Waals surface area contributed by atoms with Crippen molar-refractivity contribution in [1.82, 2.24) is 10.2 Å². The summed E-state index contributed by atoms with van der Waals surface area (Å²) in [5.74, 6) is -0.566. The van der Waals surface area contributed by atoms with Crippen LogP contribution in [0.5, 0.6) is 0 Å². The summed E-state index contributed by atoms with van der Waals surface area (Å²) >= 11 is 12.1. The molecule has 3 aromatic rings. The highest BCUT2D eigenvalue weighted by molar-refractivity contribution is 7.90. The van der Waals surface area contributed by atoms with Gasteiger partial charge in [0, 0.05) is 25.7 Å². The molecular weight excluding hydrogens is 483 g/mol. The van der Waals surface area contributed by atoms with Gasteiger partial charge < -0.3 is 9.73 Å². The first kappa shape index (κ1) is 23.8. The minimum absolute atomic E-state index is 0.0451. The number of nitrogens with one attached hydrogen (secondary N) is 1. The molecule has 2 heterocycles. The normalized spacial score (nSPS) is 15.5. The molecule has 33 heavy (non-hydrogen) atoms. The van der Waals surface area contributed by atoms with Crippen molar-refractivity contribution in [2.45, 2.75) is 36.1 Å². The number of rotatable bonds is 7. The SMILES string of the molecule is O=C(NC1CCN(Cc2ccccc2)CC1)c1ccc(CS(=O)(=O)c2c(Cl)cccc2Cl)o1. The van der Waals surface area contributed by atoms with Crippen LogP contribution in [0.15, 0.2) is 70.0 Å². The van der Waals surface area contributed by atoms with Crippen molar-refractivity contribution < 1.29 is 17.6 Å². The van der Waals surface area contributed by atoms with Crippen molar-refractivity contribution in [3.8, 4) is 0 Å². The summed E-state index contributed by atoms with van der Waals surface area (Å²) in [6.45, 7) is 2.67. The van der Waals surface area contributed by atoms with Crippen LogP contribution < -0.4 is 5.32 Å². The van der Waals surface area contributed by atoms with Crippen LogP contribution in [0.3, 0.4) is 0 Å². The maximum absolute atomic E-state index is 12.8. The Morgan fingerprint density at radius 3 is 2.30 bits per heavy atom. The zero-order chi connectivity index (χ0) is 23.4. The smallest absolute Gasteiger partial charge is 0.287 e. The predicted molar refractivity (Wildman–Crippen MR) is 128 cm³/mol. The molecule has 1 aromatic heterocycles. The summed E-state index contributed by atoms with van der Waals surface area (Å²) in [6.07, 6.45) is 1.68. The van der Waals surface area contributed by atoms with Crippen LogP contribution in [-0.4, -0.2) is 38.4 Å². The Morgan fingerprint density at radius 2 is 1.64 bits per heavy atom. The van der Waals surface area contributed by atoms with Gasteiger partial charge in [-0.1, -0.05) is 59.6 Å². The van der Waals surface area contributed by atoms with Gasteiger partial charge in [0.15, 0.2) is 15.6 Å². The summed E-state index contributed by atoms with van der Waals surface area (Å²) in [6, 6.07) is 17.8. The van der Waals surface area contributed by atoms with Crippen molar-refractivity contribution in [3.05, 3.63) is 87.8 Å². The van der Waals surface area contributed by atoms with E-state index in [2.05, 4.69) is 22.3 Å². The molecule has 1 fully saturated rings. The Balaban J connectivity index is 1.32. The number of likely N-dealkylation sites (tertiary alicyclic amines) is 1. The number of furan rings is 1. The van der Waals surface area contributed by atoms with Crippen LogP contribution in [0.25, 0.3) is 0 Å². The van der Waals surface area contributed by atoms with Gasteiger partial charge in [-0.15, -0.1) is 0 Å². The fourth-order valence-corrected chi connectivity index (χ4v) is 6.46. The van der Waals surface area contributed by atoms with Crippen molar-refractivity contribution in [2.75, 3.05) is 13.1 Å². The summed E-state index contributed by atoms with van der Waals surface area (Å²) in [7, 11) is -3.84. The number of hydrogen-bond acceptors (Lipinski definition) is 5. The van der Waals surface area contributed by atoms with Crippen LogP contribution in [0, 0.1) is 0 Å². The Morgan fingerprint density at radius 1 is 0.970 bits per heavy atom. The molecule has 0 saturated carbocycles. The Hall–Kier alpha value is -2.32. The number of piperidine rings is 1. The van der Waals surface area contributed by atoms with E-state index < -0.39 is 15.6 Å². The van der Waals surface area contributed by atoms with Gasteiger partial charge >= 0.3 is 0 Å². The molecule has 0 radical (unpaired) electrons. The lowest BCUT2D eigenvalue weighted by Gasteiger charge is -2.32. The van der Waals surface area contributed by atoms with E-state index in [0.29, 0.717) is 0 Å². The molecule has 174 valence electrons. The molecule has 0 aliphatic carbocycles. The summed E-state index contributed by atoms with van der Waals surface area (Å²) in [5.41, 5.74) is 1.27. The maximum Gasteiger partial charge on any atom is 0.287 e. The summed E-state index contributed by atoms with van der Waals surface area (Å²) in [5, 5.41) is 3.09. The predicted octanol–water partition coefficient (Wildman–Crippen LogP) is 4.95. The number of carbonyl (C=O) groups excluding carboxylic acids is 1. The number of carbonyl (C=O) groups is 1. The van der Waals surface area contributed by atoms with Gasteiger partial charge in [-0.3, -0.25) is 9.69 Å². The van der Waals surface area contributed by atoms with Gasteiger partial charge in [-0.2, -0.15) is 0 Å². The van der Waals surface area contributed by atoms with E-state index in [1.54, 1.807) is 6.07 Å². The molecule has 9 heteroatoms. The molecule has 6 nitrogen and oxygen atoms in total. The fraction of sp³-hybridized carbons (Fsp3) is 0.292. The van der Waals surface area contributed by atoms with Gasteiger partial charge in [-0.25, -0.2) is 8.42 Å². The van der Waals surface area contributed by atoms with E-state index in [1.165, 1.54) is 29.8 Å². The number of halogens is 2. The van der Waals surface area contributed by atoms with E-state index >= 15 is 0 Å². The monoisotopic (exact) mass is 506 g/mol.